The molecule has 18 heavy (non-hydrogen) atoms. The van der Waals surface area contributed by atoms with Crippen molar-refractivity contribution in [1.82, 2.24) is 9.97 Å². The van der Waals surface area contributed by atoms with Gasteiger partial charge in [0.2, 0.25) is 0 Å². The Kier molecular flexibility index (Phi) is 2.53. The normalized spacial score (nSPS) is 10.7. The van der Waals surface area contributed by atoms with Gasteiger partial charge in [0.1, 0.15) is 5.01 Å². The highest BCUT2D eigenvalue weighted by Gasteiger charge is 2.08. The van der Waals surface area contributed by atoms with Gasteiger partial charge in [0.05, 0.1) is 21.5 Å². The number of rotatable bonds is 2. The van der Waals surface area contributed by atoms with Crippen molar-refractivity contribution < 1.29 is 9.90 Å². The maximum Gasteiger partial charge on any atom is 0.337 e. The predicted molar refractivity (Wildman–Crippen MR) is 69.8 cm³/mol. The second-order valence-electron chi connectivity index (χ2n) is 3.72. The van der Waals surface area contributed by atoms with Gasteiger partial charge in [0.15, 0.2) is 0 Å². The Bertz CT molecular complexity index is 686. The van der Waals surface area contributed by atoms with E-state index < -0.39 is 5.97 Å². The molecule has 1 N–H and O–H groups in total. The maximum absolute atomic E-state index is 10.7. The number of carbonyl (C=O) groups is 1. The number of para-hydroxylation sites is 1. The zero-order valence-corrected chi connectivity index (χ0v) is 10.0. The van der Waals surface area contributed by atoms with Crippen molar-refractivity contribution in [3.63, 3.8) is 0 Å². The van der Waals surface area contributed by atoms with Crippen molar-refractivity contribution in [3.8, 4) is 10.7 Å². The zero-order chi connectivity index (χ0) is 12.5. The van der Waals surface area contributed by atoms with E-state index in [2.05, 4.69) is 9.97 Å². The van der Waals surface area contributed by atoms with E-state index in [1.807, 2.05) is 24.3 Å². The molecule has 0 saturated carbocycles. The van der Waals surface area contributed by atoms with E-state index in [-0.39, 0.29) is 5.56 Å². The molecule has 0 bridgehead atoms. The van der Waals surface area contributed by atoms with Crippen molar-refractivity contribution in [2.75, 3.05) is 0 Å². The molecule has 0 radical (unpaired) electrons. The van der Waals surface area contributed by atoms with Gasteiger partial charge >= 0.3 is 5.97 Å². The van der Waals surface area contributed by atoms with Crippen LogP contribution in [0.15, 0.2) is 42.6 Å². The van der Waals surface area contributed by atoms with E-state index in [1.165, 1.54) is 12.3 Å². The van der Waals surface area contributed by atoms with Crippen molar-refractivity contribution in [2.45, 2.75) is 0 Å². The average molecular weight is 256 g/mol. The number of thiazole rings is 1. The first-order valence-electron chi connectivity index (χ1n) is 5.29. The van der Waals surface area contributed by atoms with Crippen LogP contribution in [-0.4, -0.2) is 21.0 Å². The molecular weight excluding hydrogens is 248 g/mol. The van der Waals surface area contributed by atoms with Crippen molar-refractivity contribution in [1.29, 1.82) is 0 Å². The fraction of sp³-hybridized carbons (Fsp3) is 0. The van der Waals surface area contributed by atoms with Crippen molar-refractivity contribution >= 4 is 27.5 Å². The summed E-state index contributed by atoms with van der Waals surface area (Å²) in [5.74, 6) is -0.974. The Morgan fingerprint density at radius 2 is 2.00 bits per heavy atom. The van der Waals surface area contributed by atoms with Crippen LogP contribution >= 0.6 is 11.3 Å². The lowest BCUT2D eigenvalue weighted by atomic mass is 10.2. The lowest BCUT2D eigenvalue weighted by molar-refractivity contribution is 0.0696. The van der Waals surface area contributed by atoms with Crippen LogP contribution in [0.25, 0.3) is 20.9 Å². The molecule has 0 aliphatic heterocycles. The number of fused-ring (bicyclic) bond motifs is 1. The summed E-state index contributed by atoms with van der Waals surface area (Å²) in [5, 5.41) is 9.61. The lowest BCUT2D eigenvalue weighted by Gasteiger charge is -1.96. The first-order valence-corrected chi connectivity index (χ1v) is 6.11. The van der Waals surface area contributed by atoms with Gasteiger partial charge in [-0.1, -0.05) is 12.1 Å². The molecule has 2 aromatic heterocycles. The molecule has 0 spiro atoms. The highest BCUT2D eigenvalue weighted by molar-refractivity contribution is 7.21. The molecule has 0 amide bonds. The number of hydrogen-bond donors (Lipinski definition) is 1. The molecule has 3 aromatic rings. The van der Waals surface area contributed by atoms with Crippen LogP contribution in [0.5, 0.6) is 0 Å². The molecular formula is C13H8N2O2S. The summed E-state index contributed by atoms with van der Waals surface area (Å²) in [7, 11) is 0. The van der Waals surface area contributed by atoms with Gasteiger partial charge in [-0.05, 0) is 24.3 Å². The maximum atomic E-state index is 10.7. The standard InChI is InChI=1S/C13H8N2O2S/c16-13(17)8-5-6-10(14-7-8)12-15-9-3-1-2-4-11(9)18-12/h1-7H,(H,16,17). The van der Waals surface area contributed by atoms with Crippen LogP contribution in [0.3, 0.4) is 0 Å². The zero-order valence-electron chi connectivity index (χ0n) is 9.20. The van der Waals surface area contributed by atoms with Gasteiger partial charge in [-0.15, -0.1) is 11.3 Å². The minimum absolute atomic E-state index is 0.180. The van der Waals surface area contributed by atoms with Crippen LogP contribution in [0.1, 0.15) is 10.4 Å². The van der Waals surface area contributed by atoms with Gasteiger partial charge in [0, 0.05) is 6.20 Å². The number of benzene rings is 1. The molecule has 4 nitrogen and oxygen atoms in total. The van der Waals surface area contributed by atoms with Gasteiger partial charge in [0.25, 0.3) is 0 Å². The second-order valence-corrected chi connectivity index (χ2v) is 4.75. The minimum Gasteiger partial charge on any atom is -0.478 e. The topological polar surface area (TPSA) is 63.1 Å². The third-order valence-electron chi connectivity index (χ3n) is 2.52. The quantitative estimate of drug-likeness (QED) is 0.765. The molecule has 0 aliphatic carbocycles. The predicted octanol–water partition coefficient (Wildman–Crippen LogP) is 3.06. The molecule has 0 aliphatic rings. The minimum atomic E-state index is -0.974. The summed E-state index contributed by atoms with van der Waals surface area (Å²) in [6.07, 6.45) is 1.35. The number of carboxylic acids is 1. The van der Waals surface area contributed by atoms with Crippen molar-refractivity contribution in [3.05, 3.63) is 48.2 Å². The van der Waals surface area contributed by atoms with E-state index in [0.29, 0.717) is 5.69 Å². The van der Waals surface area contributed by atoms with E-state index >= 15 is 0 Å². The first-order chi connectivity index (χ1) is 8.74. The van der Waals surface area contributed by atoms with Crippen LogP contribution < -0.4 is 0 Å². The summed E-state index contributed by atoms with van der Waals surface area (Å²) in [6.45, 7) is 0. The number of aromatic nitrogens is 2. The summed E-state index contributed by atoms with van der Waals surface area (Å²) in [6, 6.07) is 11.1. The van der Waals surface area contributed by atoms with Crippen LogP contribution in [0.2, 0.25) is 0 Å². The average Bonchev–Trinajstić information content (AvgIpc) is 2.82. The van der Waals surface area contributed by atoms with Crippen molar-refractivity contribution in [2.24, 2.45) is 0 Å². The Morgan fingerprint density at radius 1 is 1.17 bits per heavy atom. The van der Waals surface area contributed by atoms with E-state index in [4.69, 9.17) is 5.11 Å². The lowest BCUT2D eigenvalue weighted by Crippen LogP contribution is -1.96. The molecule has 88 valence electrons. The summed E-state index contributed by atoms with van der Waals surface area (Å²) in [5.41, 5.74) is 1.81. The number of hydrogen-bond acceptors (Lipinski definition) is 4. The van der Waals surface area contributed by atoms with Crippen LogP contribution in [-0.2, 0) is 0 Å². The van der Waals surface area contributed by atoms with E-state index in [9.17, 15) is 4.79 Å². The molecule has 2 heterocycles. The summed E-state index contributed by atoms with van der Waals surface area (Å²) >= 11 is 1.54. The summed E-state index contributed by atoms with van der Waals surface area (Å²) in [4.78, 5) is 19.3. The molecule has 0 saturated heterocycles. The Hall–Kier alpha value is -2.27. The Labute approximate surface area is 107 Å². The first kappa shape index (κ1) is 10.9. The number of carboxylic acid groups (broad SMARTS) is 1. The monoisotopic (exact) mass is 256 g/mol. The molecule has 5 heteroatoms. The van der Waals surface area contributed by atoms with Crippen LogP contribution in [0.4, 0.5) is 0 Å². The summed E-state index contributed by atoms with van der Waals surface area (Å²) < 4.78 is 1.09. The third kappa shape index (κ3) is 1.84. The molecule has 0 unspecified atom stereocenters. The number of aromatic carboxylic acids is 1. The second kappa shape index (κ2) is 4.19. The van der Waals surface area contributed by atoms with Gasteiger partial charge in [-0.2, -0.15) is 0 Å². The molecule has 1 aromatic carbocycles. The smallest absolute Gasteiger partial charge is 0.337 e. The van der Waals surface area contributed by atoms with E-state index in [0.717, 1.165) is 15.2 Å². The number of nitrogens with zero attached hydrogens (tertiary/aromatic N) is 2. The Balaban J connectivity index is 2.06. The number of pyridine rings is 1. The Morgan fingerprint density at radius 3 is 2.67 bits per heavy atom. The molecule has 3 rings (SSSR count). The highest BCUT2D eigenvalue weighted by Crippen LogP contribution is 2.28. The highest BCUT2D eigenvalue weighted by atomic mass is 32.1. The molecule has 0 atom stereocenters. The molecule has 0 fully saturated rings. The fourth-order valence-electron chi connectivity index (χ4n) is 1.63. The van der Waals surface area contributed by atoms with Gasteiger partial charge in [-0.25, -0.2) is 9.78 Å². The van der Waals surface area contributed by atoms with Gasteiger partial charge < -0.3 is 5.11 Å². The SMILES string of the molecule is O=C(O)c1ccc(-c2nc3ccccc3s2)nc1. The van der Waals surface area contributed by atoms with E-state index in [1.54, 1.807) is 17.4 Å². The van der Waals surface area contributed by atoms with Gasteiger partial charge in [-0.3, -0.25) is 4.98 Å². The fourth-order valence-corrected chi connectivity index (χ4v) is 2.57. The largest absolute Gasteiger partial charge is 0.478 e. The third-order valence-corrected chi connectivity index (χ3v) is 3.58. The van der Waals surface area contributed by atoms with Crippen LogP contribution in [0, 0.1) is 0 Å².